The van der Waals surface area contributed by atoms with Crippen molar-refractivity contribution in [1.82, 2.24) is 20.8 Å². The number of rotatable bonds is 7. The highest BCUT2D eigenvalue weighted by Gasteiger charge is 2.24. The number of hydrogen-bond donors (Lipinski definition) is 3. The SMILES string of the molecule is CCOC(=O)C1=C(CSc2nnc(Nc3ccc(C)c(C)c3)s2)NC(=O)NC1. The van der Waals surface area contributed by atoms with Crippen molar-refractivity contribution in [1.29, 1.82) is 0 Å². The molecule has 0 unspecified atom stereocenters. The van der Waals surface area contributed by atoms with Crippen LogP contribution in [0.4, 0.5) is 15.6 Å². The summed E-state index contributed by atoms with van der Waals surface area (Å²) in [6.07, 6.45) is 0. The number of anilines is 2. The lowest BCUT2D eigenvalue weighted by Crippen LogP contribution is -2.44. The van der Waals surface area contributed by atoms with E-state index in [2.05, 4.69) is 52.1 Å². The first-order valence-electron chi connectivity index (χ1n) is 8.71. The van der Waals surface area contributed by atoms with Gasteiger partial charge in [-0.2, -0.15) is 0 Å². The molecule has 0 atom stereocenters. The summed E-state index contributed by atoms with van der Waals surface area (Å²) in [6, 6.07) is 5.78. The molecular formula is C18H21N5O3S2. The summed E-state index contributed by atoms with van der Waals surface area (Å²) in [5, 5.41) is 17.5. The van der Waals surface area contributed by atoms with Crippen molar-refractivity contribution >= 4 is 45.9 Å². The molecule has 1 aromatic carbocycles. The Hall–Kier alpha value is -2.59. The Morgan fingerprint density at radius 1 is 1.32 bits per heavy atom. The minimum absolute atomic E-state index is 0.149. The highest BCUT2D eigenvalue weighted by atomic mass is 32.2. The number of amides is 2. The maximum Gasteiger partial charge on any atom is 0.337 e. The van der Waals surface area contributed by atoms with Crippen molar-refractivity contribution < 1.29 is 14.3 Å². The molecule has 148 valence electrons. The predicted octanol–water partition coefficient (Wildman–Crippen LogP) is 3.12. The van der Waals surface area contributed by atoms with E-state index in [0.29, 0.717) is 22.2 Å². The number of carbonyl (C=O) groups is 2. The van der Waals surface area contributed by atoms with Crippen molar-refractivity contribution in [2.45, 2.75) is 25.1 Å². The monoisotopic (exact) mass is 419 g/mol. The fraction of sp³-hybridized carbons (Fsp3) is 0.333. The number of thioether (sulfide) groups is 1. The average molecular weight is 420 g/mol. The second-order valence-electron chi connectivity index (χ2n) is 6.07. The normalized spacial score (nSPS) is 13.8. The van der Waals surface area contributed by atoms with Gasteiger partial charge in [-0.15, -0.1) is 10.2 Å². The lowest BCUT2D eigenvalue weighted by molar-refractivity contribution is -0.138. The number of urea groups is 1. The topological polar surface area (TPSA) is 105 Å². The standard InChI is InChI=1S/C18H21N5O3S2/c1-4-26-15(24)13-8-19-16(25)21-14(13)9-27-18-23-22-17(28-18)20-12-6-5-10(2)11(3)7-12/h5-7H,4,8-9H2,1-3H3,(H,20,22)(H2,19,21,25). The van der Waals surface area contributed by atoms with Crippen LogP contribution in [0.2, 0.25) is 0 Å². The molecule has 3 N–H and O–H groups in total. The van der Waals surface area contributed by atoms with Gasteiger partial charge in [0.25, 0.3) is 0 Å². The summed E-state index contributed by atoms with van der Waals surface area (Å²) in [6.45, 7) is 6.30. The van der Waals surface area contributed by atoms with Crippen LogP contribution >= 0.6 is 23.1 Å². The van der Waals surface area contributed by atoms with Crippen LogP contribution in [0.25, 0.3) is 0 Å². The lowest BCUT2D eigenvalue weighted by atomic mass is 10.1. The Kier molecular flexibility index (Phi) is 6.53. The maximum atomic E-state index is 12.1. The fourth-order valence-corrected chi connectivity index (χ4v) is 4.22. The highest BCUT2D eigenvalue weighted by Crippen LogP contribution is 2.29. The molecule has 0 spiro atoms. The van der Waals surface area contributed by atoms with E-state index in [1.165, 1.54) is 34.2 Å². The largest absolute Gasteiger partial charge is 0.463 e. The van der Waals surface area contributed by atoms with E-state index >= 15 is 0 Å². The molecule has 0 radical (unpaired) electrons. The fourth-order valence-electron chi connectivity index (χ4n) is 2.46. The summed E-state index contributed by atoms with van der Waals surface area (Å²) < 4.78 is 5.79. The first-order valence-corrected chi connectivity index (χ1v) is 10.5. The van der Waals surface area contributed by atoms with Gasteiger partial charge in [-0.1, -0.05) is 29.2 Å². The zero-order chi connectivity index (χ0) is 20.1. The van der Waals surface area contributed by atoms with E-state index in [0.717, 1.165) is 10.0 Å². The molecule has 0 fully saturated rings. The smallest absolute Gasteiger partial charge is 0.337 e. The van der Waals surface area contributed by atoms with Crippen LogP contribution in [0.3, 0.4) is 0 Å². The van der Waals surface area contributed by atoms with Crippen molar-refractivity contribution in [2.75, 3.05) is 24.2 Å². The van der Waals surface area contributed by atoms with Gasteiger partial charge in [0.1, 0.15) is 0 Å². The van der Waals surface area contributed by atoms with E-state index < -0.39 is 5.97 Å². The van der Waals surface area contributed by atoms with Gasteiger partial charge in [-0.05, 0) is 44.0 Å². The van der Waals surface area contributed by atoms with Crippen LogP contribution in [0.5, 0.6) is 0 Å². The number of benzene rings is 1. The molecule has 0 bridgehead atoms. The third-order valence-corrected chi connectivity index (χ3v) is 6.08. The first-order chi connectivity index (χ1) is 13.5. The van der Waals surface area contributed by atoms with Gasteiger partial charge in [-0.25, -0.2) is 9.59 Å². The molecule has 1 aliphatic rings. The van der Waals surface area contributed by atoms with Gasteiger partial charge in [0.05, 0.1) is 18.7 Å². The van der Waals surface area contributed by atoms with E-state index in [9.17, 15) is 9.59 Å². The number of nitrogens with zero attached hydrogens (tertiary/aromatic N) is 2. The molecule has 8 nitrogen and oxygen atoms in total. The van der Waals surface area contributed by atoms with Crippen molar-refractivity contribution in [2.24, 2.45) is 0 Å². The zero-order valence-electron chi connectivity index (χ0n) is 15.8. The second-order valence-corrected chi connectivity index (χ2v) is 8.27. The summed E-state index contributed by atoms with van der Waals surface area (Å²) >= 11 is 2.81. The molecule has 2 heterocycles. The van der Waals surface area contributed by atoms with Gasteiger partial charge in [-0.3, -0.25) is 0 Å². The minimum Gasteiger partial charge on any atom is -0.463 e. The molecule has 0 saturated heterocycles. The van der Waals surface area contributed by atoms with E-state index in [4.69, 9.17) is 4.74 Å². The average Bonchev–Trinajstić information content (AvgIpc) is 3.10. The number of ether oxygens (including phenoxy) is 1. The Morgan fingerprint density at radius 3 is 2.89 bits per heavy atom. The quantitative estimate of drug-likeness (QED) is 0.468. The predicted molar refractivity (Wildman–Crippen MR) is 110 cm³/mol. The molecule has 0 saturated carbocycles. The van der Waals surface area contributed by atoms with Crippen molar-refractivity contribution in [3.8, 4) is 0 Å². The van der Waals surface area contributed by atoms with E-state index in [1.54, 1.807) is 6.92 Å². The van der Waals surface area contributed by atoms with Crippen LogP contribution < -0.4 is 16.0 Å². The van der Waals surface area contributed by atoms with Gasteiger partial charge >= 0.3 is 12.0 Å². The van der Waals surface area contributed by atoms with Crippen LogP contribution in [0.15, 0.2) is 33.8 Å². The van der Waals surface area contributed by atoms with Crippen LogP contribution in [0.1, 0.15) is 18.1 Å². The number of aryl methyl sites for hydroxylation is 2. The molecule has 1 aromatic heterocycles. The summed E-state index contributed by atoms with van der Waals surface area (Å²) in [5.74, 6) is -0.0419. The molecule has 10 heteroatoms. The van der Waals surface area contributed by atoms with Crippen LogP contribution in [-0.4, -0.2) is 41.1 Å². The van der Waals surface area contributed by atoms with Crippen molar-refractivity contribution in [3.05, 3.63) is 40.6 Å². The summed E-state index contributed by atoms with van der Waals surface area (Å²) in [4.78, 5) is 23.7. The van der Waals surface area contributed by atoms with E-state index in [1.807, 2.05) is 6.07 Å². The second kappa shape index (κ2) is 9.07. The van der Waals surface area contributed by atoms with E-state index in [-0.39, 0.29) is 19.2 Å². The van der Waals surface area contributed by atoms with Crippen LogP contribution in [-0.2, 0) is 9.53 Å². The number of aromatic nitrogens is 2. The zero-order valence-corrected chi connectivity index (χ0v) is 17.4. The molecule has 3 rings (SSSR count). The lowest BCUT2D eigenvalue weighted by Gasteiger charge is -2.20. The van der Waals surface area contributed by atoms with Gasteiger partial charge < -0.3 is 20.7 Å². The molecule has 0 aliphatic carbocycles. The Labute approximate surface area is 171 Å². The molecule has 1 aliphatic heterocycles. The highest BCUT2D eigenvalue weighted by molar-refractivity contribution is 8.01. The molecule has 2 aromatic rings. The Morgan fingerprint density at radius 2 is 2.14 bits per heavy atom. The minimum atomic E-state index is -0.431. The number of nitrogens with one attached hydrogen (secondary N) is 3. The Bertz CT molecular complexity index is 926. The summed E-state index contributed by atoms with van der Waals surface area (Å²) in [7, 11) is 0. The molecule has 2 amide bonds. The number of esters is 1. The third-order valence-electron chi connectivity index (χ3n) is 4.08. The van der Waals surface area contributed by atoms with Gasteiger partial charge in [0, 0.05) is 17.1 Å². The van der Waals surface area contributed by atoms with Gasteiger partial charge in [0.2, 0.25) is 5.13 Å². The Balaban J connectivity index is 1.66. The van der Waals surface area contributed by atoms with Gasteiger partial charge in [0.15, 0.2) is 4.34 Å². The van der Waals surface area contributed by atoms with Crippen molar-refractivity contribution in [3.63, 3.8) is 0 Å². The first kappa shape index (κ1) is 20.2. The number of hydrogen-bond acceptors (Lipinski definition) is 8. The van der Waals surface area contributed by atoms with Crippen LogP contribution in [0, 0.1) is 13.8 Å². The third kappa shape index (κ3) is 5.02. The summed E-state index contributed by atoms with van der Waals surface area (Å²) in [5.41, 5.74) is 4.34. The maximum absolute atomic E-state index is 12.1. The number of carbonyl (C=O) groups excluding carboxylic acids is 2. The molecular weight excluding hydrogens is 398 g/mol. The molecule has 28 heavy (non-hydrogen) atoms.